The van der Waals surface area contributed by atoms with Crippen LogP contribution in [0.25, 0.3) is 0 Å². The topological polar surface area (TPSA) is 84.4 Å². The smallest absolute Gasteiger partial charge is 0.251 e. The fraction of sp³-hybridized carbons (Fsp3) is 0.533. The first kappa shape index (κ1) is 14.7. The number of carbonyl (C=O) groups is 1. The predicted molar refractivity (Wildman–Crippen MR) is 82.5 cm³/mol. The van der Waals surface area contributed by atoms with Crippen LogP contribution in [-0.4, -0.2) is 37.0 Å². The molecule has 110 valence electrons. The zero-order chi connectivity index (χ0) is 14.8. The van der Waals surface area contributed by atoms with Crippen molar-refractivity contribution in [2.45, 2.75) is 31.2 Å². The molecule has 0 unspecified atom stereocenters. The highest BCUT2D eigenvalue weighted by atomic mass is 16.1. The van der Waals surface area contributed by atoms with Crippen molar-refractivity contribution >= 4 is 17.3 Å². The molecule has 1 aliphatic carbocycles. The minimum Gasteiger partial charge on any atom is -0.399 e. The number of anilines is 2. The molecule has 1 fully saturated rings. The van der Waals surface area contributed by atoms with Gasteiger partial charge in [-0.25, -0.2) is 0 Å². The van der Waals surface area contributed by atoms with E-state index in [-0.39, 0.29) is 11.4 Å². The van der Waals surface area contributed by atoms with Gasteiger partial charge < -0.3 is 21.7 Å². The van der Waals surface area contributed by atoms with Gasteiger partial charge in [0.2, 0.25) is 0 Å². The van der Waals surface area contributed by atoms with Crippen LogP contribution in [0.2, 0.25) is 0 Å². The Bertz CT molecular complexity index is 472. The molecule has 5 nitrogen and oxygen atoms in total. The lowest BCUT2D eigenvalue weighted by atomic mass is 9.96. The zero-order valence-electron chi connectivity index (χ0n) is 12.3. The lowest BCUT2D eigenvalue weighted by Crippen LogP contribution is -2.50. The number of carbonyl (C=O) groups excluding carboxylic acids is 1. The number of nitrogen functional groups attached to an aromatic ring is 2. The van der Waals surface area contributed by atoms with Crippen molar-refractivity contribution in [2.24, 2.45) is 0 Å². The van der Waals surface area contributed by atoms with Gasteiger partial charge in [-0.05, 0) is 45.1 Å². The molecule has 5 heteroatoms. The highest BCUT2D eigenvalue weighted by Gasteiger charge is 2.36. The lowest BCUT2D eigenvalue weighted by molar-refractivity contribution is 0.0900. The van der Waals surface area contributed by atoms with Crippen molar-refractivity contribution in [3.8, 4) is 0 Å². The summed E-state index contributed by atoms with van der Waals surface area (Å²) in [7, 11) is 4.16. The van der Waals surface area contributed by atoms with Crippen molar-refractivity contribution in [1.29, 1.82) is 0 Å². The van der Waals surface area contributed by atoms with Crippen molar-refractivity contribution in [1.82, 2.24) is 10.2 Å². The number of hydrogen-bond acceptors (Lipinski definition) is 4. The van der Waals surface area contributed by atoms with Crippen LogP contribution in [0.15, 0.2) is 18.2 Å². The summed E-state index contributed by atoms with van der Waals surface area (Å²) in [6.07, 6.45) is 4.69. The summed E-state index contributed by atoms with van der Waals surface area (Å²) in [5.41, 5.74) is 13.1. The van der Waals surface area contributed by atoms with Crippen LogP contribution in [0.1, 0.15) is 36.0 Å². The van der Waals surface area contributed by atoms with Crippen molar-refractivity contribution < 1.29 is 4.79 Å². The van der Waals surface area contributed by atoms with E-state index >= 15 is 0 Å². The Labute approximate surface area is 120 Å². The second-order valence-electron chi connectivity index (χ2n) is 5.90. The van der Waals surface area contributed by atoms with Crippen LogP contribution >= 0.6 is 0 Å². The first-order chi connectivity index (χ1) is 9.43. The highest BCUT2D eigenvalue weighted by molar-refractivity contribution is 5.96. The van der Waals surface area contributed by atoms with E-state index < -0.39 is 0 Å². The molecule has 0 aromatic heterocycles. The average Bonchev–Trinajstić information content (AvgIpc) is 2.84. The Morgan fingerprint density at radius 1 is 1.20 bits per heavy atom. The fourth-order valence-electron chi connectivity index (χ4n) is 2.97. The minimum absolute atomic E-state index is 0.0849. The van der Waals surface area contributed by atoms with E-state index in [0.29, 0.717) is 23.5 Å². The van der Waals surface area contributed by atoms with Crippen LogP contribution in [-0.2, 0) is 0 Å². The summed E-state index contributed by atoms with van der Waals surface area (Å²) in [5, 5.41) is 3.03. The van der Waals surface area contributed by atoms with E-state index in [9.17, 15) is 4.79 Å². The predicted octanol–water partition coefficient (Wildman–Crippen LogP) is 1.46. The maximum Gasteiger partial charge on any atom is 0.251 e. The van der Waals surface area contributed by atoms with Gasteiger partial charge in [0, 0.05) is 29.0 Å². The molecule has 1 saturated carbocycles. The molecule has 5 N–H and O–H groups in total. The molecule has 0 bridgehead atoms. The monoisotopic (exact) mass is 276 g/mol. The van der Waals surface area contributed by atoms with Gasteiger partial charge in [-0.3, -0.25) is 4.79 Å². The van der Waals surface area contributed by atoms with Crippen LogP contribution in [0.4, 0.5) is 11.4 Å². The van der Waals surface area contributed by atoms with Gasteiger partial charge >= 0.3 is 0 Å². The first-order valence-electron chi connectivity index (χ1n) is 7.05. The summed E-state index contributed by atoms with van der Waals surface area (Å²) in [6, 6.07) is 4.96. The number of nitrogens with one attached hydrogen (secondary N) is 1. The number of amides is 1. The standard InChI is InChI=1S/C15H24N4O/c1-19(2)15(5-3-4-6-15)10-18-14(20)11-7-12(16)9-13(17)8-11/h7-9H,3-6,10,16-17H2,1-2H3,(H,18,20). The zero-order valence-corrected chi connectivity index (χ0v) is 12.3. The molecule has 0 radical (unpaired) electrons. The number of likely N-dealkylation sites (N-methyl/N-ethyl adjacent to an activating group) is 1. The third-order valence-corrected chi connectivity index (χ3v) is 4.30. The largest absolute Gasteiger partial charge is 0.399 e. The quantitative estimate of drug-likeness (QED) is 0.727. The first-order valence-corrected chi connectivity index (χ1v) is 7.05. The molecule has 1 aliphatic rings. The normalized spacial score (nSPS) is 17.4. The summed E-state index contributed by atoms with van der Waals surface area (Å²) in [5.74, 6) is -0.114. The Morgan fingerprint density at radius 2 is 1.75 bits per heavy atom. The third kappa shape index (κ3) is 3.04. The van der Waals surface area contributed by atoms with Gasteiger partial charge in [0.15, 0.2) is 0 Å². The summed E-state index contributed by atoms with van der Waals surface area (Å²) in [6.45, 7) is 0.660. The third-order valence-electron chi connectivity index (χ3n) is 4.30. The molecule has 0 saturated heterocycles. The maximum atomic E-state index is 12.2. The van der Waals surface area contributed by atoms with Crippen LogP contribution in [0.3, 0.4) is 0 Å². The van der Waals surface area contributed by atoms with Crippen LogP contribution < -0.4 is 16.8 Å². The molecule has 1 aromatic rings. The maximum absolute atomic E-state index is 12.2. The van der Waals surface area contributed by atoms with Crippen LogP contribution in [0.5, 0.6) is 0 Å². The molecule has 20 heavy (non-hydrogen) atoms. The van der Waals surface area contributed by atoms with Crippen molar-refractivity contribution in [2.75, 3.05) is 32.1 Å². The molecule has 0 heterocycles. The number of nitrogens with two attached hydrogens (primary N) is 2. The minimum atomic E-state index is -0.114. The molecule has 2 rings (SSSR count). The van der Waals surface area contributed by atoms with E-state index in [1.165, 1.54) is 12.8 Å². The molecule has 0 aliphatic heterocycles. The van der Waals surface area contributed by atoms with E-state index in [0.717, 1.165) is 12.8 Å². The highest BCUT2D eigenvalue weighted by Crippen LogP contribution is 2.33. The van der Waals surface area contributed by atoms with E-state index in [4.69, 9.17) is 11.5 Å². The Kier molecular flexibility index (Phi) is 4.18. The van der Waals surface area contributed by atoms with Crippen LogP contribution in [0, 0.1) is 0 Å². The van der Waals surface area contributed by atoms with Crippen molar-refractivity contribution in [3.63, 3.8) is 0 Å². The summed E-state index contributed by atoms with van der Waals surface area (Å²) >= 11 is 0. The van der Waals surface area contributed by atoms with Gasteiger partial charge in [-0.2, -0.15) is 0 Å². The van der Waals surface area contributed by atoms with Gasteiger partial charge in [-0.1, -0.05) is 12.8 Å². The molecule has 1 aromatic carbocycles. The molecule has 0 spiro atoms. The van der Waals surface area contributed by atoms with Gasteiger partial charge in [0.1, 0.15) is 0 Å². The Hall–Kier alpha value is -1.75. The molecular formula is C15H24N4O. The van der Waals surface area contributed by atoms with Gasteiger partial charge in [-0.15, -0.1) is 0 Å². The SMILES string of the molecule is CN(C)C1(CNC(=O)c2cc(N)cc(N)c2)CCCC1. The number of nitrogens with zero attached hydrogens (tertiary/aromatic N) is 1. The van der Waals surface area contributed by atoms with E-state index in [2.05, 4.69) is 24.3 Å². The number of rotatable bonds is 4. The number of hydrogen-bond donors (Lipinski definition) is 3. The average molecular weight is 276 g/mol. The summed E-state index contributed by atoms with van der Waals surface area (Å²) in [4.78, 5) is 14.5. The lowest BCUT2D eigenvalue weighted by Gasteiger charge is -2.36. The van der Waals surface area contributed by atoms with Gasteiger partial charge in [0.05, 0.1) is 0 Å². The number of benzene rings is 1. The molecular weight excluding hydrogens is 252 g/mol. The molecule has 0 atom stereocenters. The fourth-order valence-corrected chi connectivity index (χ4v) is 2.97. The molecule has 1 amide bonds. The van der Waals surface area contributed by atoms with E-state index in [1.54, 1.807) is 18.2 Å². The second-order valence-corrected chi connectivity index (χ2v) is 5.90. The Balaban J connectivity index is 2.04. The van der Waals surface area contributed by atoms with Gasteiger partial charge in [0.25, 0.3) is 5.91 Å². The summed E-state index contributed by atoms with van der Waals surface area (Å²) < 4.78 is 0. The second kappa shape index (κ2) is 5.71. The van der Waals surface area contributed by atoms with E-state index in [1.807, 2.05) is 0 Å². The van der Waals surface area contributed by atoms with Crippen molar-refractivity contribution in [3.05, 3.63) is 23.8 Å². The Morgan fingerprint density at radius 3 is 2.25 bits per heavy atom.